The van der Waals surface area contributed by atoms with Crippen LogP contribution in [0.5, 0.6) is 11.5 Å². The van der Waals surface area contributed by atoms with Gasteiger partial charge >= 0.3 is 0 Å². The minimum atomic E-state index is -0.558. The molecule has 0 atom stereocenters. The molecule has 1 aromatic heterocycles. The molecule has 0 aliphatic heterocycles. The number of carbonyl (C=O) groups is 1. The van der Waals surface area contributed by atoms with Gasteiger partial charge in [-0.25, -0.2) is 0 Å². The van der Waals surface area contributed by atoms with Crippen molar-refractivity contribution in [3.8, 4) is 11.5 Å². The average Bonchev–Trinajstić information content (AvgIpc) is 2.74. The van der Waals surface area contributed by atoms with Crippen LogP contribution in [0, 0.1) is 10.1 Å². The van der Waals surface area contributed by atoms with Crippen molar-refractivity contribution in [1.82, 2.24) is 4.57 Å². The van der Waals surface area contributed by atoms with E-state index in [9.17, 15) is 19.7 Å². The normalized spacial score (nSPS) is 11.3. The largest absolute Gasteiger partial charge is 0.485 e. The summed E-state index contributed by atoms with van der Waals surface area (Å²) < 4.78 is 12.3. The van der Waals surface area contributed by atoms with E-state index < -0.39 is 10.5 Å². The van der Waals surface area contributed by atoms with E-state index in [1.54, 1.807) is 0 Å². The molecule has 0 aliphatic rings. The summed E-state index contributed by atoms with van der Waals surface area (Å²) in [5.41, 5.74) is 2.06. The number of nitro groups is 1. The molecular formula is C24H30N2O6. The van der Waals surface area contributed by atoms with E-state index in [4.69, 9.17) is 9.47 Å². The number of unbranched alkanes of at least 4 members (excludes halogenated alkanes) is 1. The Morgan fingerprint density at radius 3 is 2.56 bits per heavy atom. The summed E-state index contributed by atoms with van der Waals surface area (Å²) in [5.74, 6) is -0.110. The molecule has 1 aromatic carbocycles. The quantitative estimate of drug-likeness (QED) is 0.191. The molecule has 172 valence electrons. The number of allylic oxidation sites excluding steroid dienone is 3. The minimum Gasteiger partial charge on any atom is -0.485 e. The summed E-state index contributed by atoms with van der Waals surface area (Å²) >= 11 is 0. The lowest BCUT2D eigenvalue weighted by Crippen LogP contribution is -2.23. The molecule has 2 aromatic rings. The van der Waals surface area contributed by atoms with Crippen molar-refractivity contribution in [1.29, 1.82) is 0 Å². The van der Waals surface area contributed by atoms with Crippen LogP contribution >= 0.6 is 0 Å². The van der Waals surface area contributed by atoms with Crippen LogP contribution in [0.25, 0.3) is 10.9 Å². The summed E-state index contributed by atoms with van der Waals surface area (Å²) in [7, 11) is 0. The maximum absolute atomic E-state index is 13.1. The molecule has 0 spiro atoms. The van der Waals surface area contributed by atoms with E-state index in [-0.39, 0.29) is 30.3 Å². The van der Waals surface area contributed by atoms with Crippen LogP contribution in [0.2, 0.25) is 0 Å². The highest BCUT2D eigenvalue weighted by Crippen LogP contribution is 2.34. The summed E-state index contributed by atoms with van der Waals surface area (Å²) in [6.07, 6.45) is 7.36. The first-order valence-corrected chi connectivity index (χ1v) is 10.7. The van der Waals surface area contributed by atoms with Gasteiger partial charge in [-0.05, 0) is 52.2 Å². The van der Waals surface area contributed by atoms with Crippen molar-refractivity contribution in [2.45, 2.75) is 59.9 Å². The van der Waals surface area contributed by atoms with Gasteiger partial charge in [0.25, 0.3) is 17.7 Å². The first-order valence-electron chi connectivity index (χ1n) is 10.7. The van der Waals surface area contributed by atoms with Crippen LogP contribution in [0.3, 0.4) is 0 Å². The predicted octanol–water partition coefficient (Wildman–Crippen LogP) is 5.32. The lowest BCUT2D eigenvalue weighted by Gasteiger charge is -2.16. The first-order chi connectivity index (χ1) is 15.3. The molecule has 8 heteroatoms. The van der Waals surface area contributed by atoms with Crippen LogP contribution < -0.4 is 15.0 Å². The molecule has 0 saturated carbocycles. The SMILES string of the molecule is CCCCn1c(=O)c(OC=O)c(OCC=C(C)CCC=C(C)C)c2ccc([N+](=O)[O-])cc21. The molecule has 0 radical (unpaired) electrons. The number of rotatable bonds is 12. The Hall–Kier alpha value is -3.42. The van der Waals surface area contributed by atoms with Gasteiger partial charge in [0.2, 0.25) is 5.75 Å². The van der Waals surface area contributed by atoms with E-state index in [1.165, 1.54) is 28.3 Å². The molecule has 0 fully saturated rings. The second kappa shape index (κ2) is 11.8. The van der Waals surface area contributed by atoms with Crippen LogP contribution in [0.15, 0.2) is 46.3 Å². The van der Waals surface area contributed by atoms with Gasteiger partial charge in [0, 0.05) is 24.1 Å². The van der Waals surface area contributed by atoms with Crippen LogP contribution in [0.1, 0.15) is 53.4 Å². The topological polar surface area (TPSA) is 101 Å². The number of nitrogens with zero attached hydrogens (tertiary/aromatic N) is 2. The van der Waals surface area contributed by atoms with E-state index in [0.29, 0.717) is 23.9 Å². The number of nitro benzene ring substituents is 1. The lowest BCUT2D eigenvalue weighted by atomic mass is 10.1. The summed E-state index contributed by atoms with van der Waals surface area (Å²) in [4.78, 5) is 35.0. The van der Waals surface area contributed by atoms with Crippen molar-refractivity contribution in [3.63, 3.8) is 0 Å². The Bertz CT molecular complexity index is 1090. The molecule has 8 nitrogen and oxygen atoms in total. The van der Waals surface area contributed by atoms with Crippen LogP contribution in [-0.4, -0.2) is 22.6 Å². The first kappa shape index (κ1) is 24.8. The minimum absolute atomic E-state index is 0.105. The molecule has 1 heterocycles. The molecule has 0 bridgehead atoms. The number of pyridine rings is 1. The number of carbonyl (C=O) groups excluding carboxylic acids is 1. The van der Waals surface area contributed by atoms with E-state index in [2.05, 4.69) is 19.9 Å². The van der Waals surface area contributed by atoms with Crippen LogP contribution in [0.4, 0.5) is 5.69 Å². The zero-order chi connectivity index (χ0) is 23.7. The number of hydrogen-bond donors (Lipinski definition) is 0. The Morgan fingerprint density at radius 2 is 1.94 bits per heavy atom. The summed E-state index contributed by atoms with van der Waals surface area (Å²) in [6, 6.07) is 4.22. The maximum atomic E-state index is 13.1. The monoisotopic (exact) mass is 442 g/mol. The van der Waals surface area contributed by atoms with Crippen molar-refractivity contribution in [3.05, 3.63) is 62.0 Å². The summed E-state index contributed by atoms with van der Waals surface area (Å²) in [5, 5.41) is 11.8. The number of aromatic nitrogens is 1. The van der Waals surface area contributed by atoms with Gasteiger partial charge in [-0.2, -0.15) is 0 Å². The highest BCUT2D eigenvalue weighted by atomic mass is 16.6. The van der Waals surface area contributed by atoms with Gasteiger partial charge in [-0.1, -0.05) is 30.6 Å². The maximum Gasteiger partial charge on any atom is 0.298 e. The van der Waals surface area contributed by atoms with E-state index in [1.807, 2.05) is 19.9 Å². The lowest BCUT2D eigenvalue weighted by molar-refractivity contribution is -0.384. The molecular weight excluding hydrogens is 412 g/mol. The number of hydrogen-bond acceptors (Lipinski definition) is 6. The smallest absolute Gasteiger partial charge is 0.298 e. The molecule has 0 aliphatic carbocycles. The Balaban J connectivity index is 2.51. The highest BCUT2D eigenvalue weighted by molar-refractivity contribution is 5.90. The molecule has 0 amide bonds. The third-order valence-electron chi connectivity index (χ3n) is 5.03. The average molecular weight is 443 g/mol. The fourth-order valence-corrected chi connectivity index (χ4v) is 3.29. The van der Waals surface area contributed by atoms with Gasteiger partial charge in [0.1, 0.15) is 6.61 Å². The third kappa shape index (κ3) is 6.29. The molecule has 0 saturated heterocycles. The Kier molecular flexibility index (Phi) is 9.19. The number of non-ortho nitro benzene ring substituents is 1. The second-order valence-corrected chi connectivity index (χ2v) is 7.82. The number of benzene rings is 1. The Labute approximate surface area is 187 Å². The fraction of sp³-hybridized carbons (Fsp3) is 0.417. The number of aryl methyl sites for hydroxylation is 1. The molecule has 0 unspecified atom stereocenters. The van der Waals surface area contributed by atoms with Crippen molar-refractivity contribution < 1.29 is 19.2 Å². The standard InChI is InChI=1S/C24H30N2O6/c1-5-6-13-25-21-15-19(26(29)30)10-11-20(21)22(23(24(25)28)32-16-27)31-14-12-18(4)9-7-8-17(2)3/h8,10-12,15-16H,5-7,9,13-14H2,1-4H3. The van der Waals surface area contributed by atoms with Crippen molar-refractivity contribution in [2.24, 2.45) is 0 Å². The van der Waals surface area contributed by atoms with Gasteiger partial charge in [-0.15, -0.1) is 0 Å². The zero-order valence-corrected chi connectivity index (χ0v) is 19.1. The number of ether oxygens (including phenoxy) is 2. The van der Waals surface area contributed by atoms with Gasteiger partial charge < -0.3 is 14.0 Å². The van der Waals surface area contributed by atoms with E-state index >= 15 is 0 Å². The molecule has 32 heavy (non-hydrogen) atoms. The van der Waals surface area contributed by atoms with Crippen molar-refractivity contribution in [2.75, 3.05) is 6.61 Å². The highest BCUT2D eigenvalue weighted by Gasteiger charge is 2.21. The molecule has 0 N–H and O–H groups in total. The second-order valence-electron chi connectivity index (χ2n) is 7.82. The van der Waals surface area contributed by atoms with Crippen LogP contribution in [-0.2, 0) is 11.3 Å². The Morgan fingerprint density at radius 1 is 1.19 bits per heavy atom. The summed E-state index contributed by atoms with van der Waals surface area (Å²) in [6.45, 7) is 8.76. The predicted molar refractivity (Wildman–Crippen MR) is 124 cm³/mol. The zero-order valence-electron chi connectivity index (χ0n) is 19.1. The van der Waals surface area contributed by atoms with Gasteiger partial charge in [0.15, 0.2) is 5.75 Å². The fourth-order valence-electron chi connectivity index (χ4n) is 3.29. The van der Waals surface area contributed by atoms with Gasteiger partial charge in [-0.3, -0.25) is 19.7 Å². The van der Waals surface area contributed by atoms with Gasteiger partial charge in [0.05, 0.1) is 10.4 Å². The van der Waals surface area contributed by atoms with E-state index in [0.717, 1.165) is 24.8 Å². The van der Waals surface area contributed by atoms with Crippen molar-refractivity contribution >= 4 is 23.1 Å². The number of fused-ring (bicyclic) bond motifs is 1. The molecule has 2 rings (SSSR count). The third-order valence-corrected chi connectivity index (χ3v) is 5.03.